The average molecular weight is 267 g/mol. The summed E-state index contributed by atoms with van der Waals surface area (Å²) in [5.41, 5.74) is 1.63. The van der Waals surface area contributed by atoms with Crippen LogP contribution in [0.3, 0.4) is 0 Å². The van der Waals surface area contributed by atoms with Crippen molar-refractivity contribution in [2.45, 2.75) is 13.5 Å². The minimum absolute atomic E-state index is 0.607. The fourth-order valence-corrected chi connectivity index (χ4v) is 1.75. The Hall–Kier alpha value is -1.59. The van der Waals surface area contributed by atoms with E-state index >= 15 is 0 Å². The summed E-state index contributed by atoms with van der Waals surface area (Å²) >= 11 is 6.14. The van der Waals surface area contributed by atoms with Crippen molar-refractivity contribution in [3.05, 3.63) is 35.1 Å². The van der Waals surface area contributed by atoms with E-state index < -0.39 is 0 Å². The van der Waals surface area contributed by atoms with Gasteiger partial charge in [0, 0.05) is 12.6 Å². The van der Waals surface area contributed by atoms with Crippen molar-refractivity contribution in [3.8, 4) is 11.4 Å². The van der Waals surface area contributed by atoms with Gasteiger partial charge >= 0.3 is 0 Å². The summed E-state index contributed by atoms with van der Waals surface area (Å²) in [6.07, 6.45) is 1.85. The monoisotopic (exact) mass is 266 g/mol. The van der Waals surface area contributed by atoms with Crippen LogP contribution in [0.1, 0.15) is 12.6 Å². The molecule has 0 aliphatic carbocycles. The number of hydrogen-bond acceptors (Lipinski definition) is 4. The van der Waals surface area contributed by atoms with Crippen LogP contribution in [0.25, 0.3) is 5.69 Å². The molecular weight excluding hydrogens is 252 g/mol. The number of nitrogens with one attached hydrogen (secondary N) is 1. The number of ether oxygens (including phenoxy) is 1. The van der Waals surface area contributed by atoms with Crippen LogP contribution in [0.15, 0.2) is 24.4 Å². The van der Waals surface area contributed by atoms with E-state index in [-0.39, 0.29) is 0 Å². The third-order valence-corrected chi connectivity index (χ3v) is 2.82. The first-order valence-electron chi connectivity index (χ1n) is 5.70. The molecule has 1 aromatic carbocycles. The van der Waals surface area contributed by atoms with Crippen LogP contribution in [0.5, 0.6) is 5.75 Å². The molecule has 6 heteroatoms. The fourth-order valence-electron chi connectivity index (χ4n) is 1.55. The lowest BCUT2D eigenvalue weighted by Crippen LogP contribution is -2.11. The predicted molar refractivity (Wildman–Crippen MR) is 70.3 cm³/mol. The van der Waals surface area contributed by atoms with E-state index in [2.05, 4.69) is 15.6 Å². The van der Waals surface area contributed by atoms with E-state index in [1.165, 1.54) is 0 Å². The minimum Gasteiger partial charge on any atom is -0.497 e. The van der Waals surface area contributed by atoms with Crippen molar-refractivity contribution in [3.63, 3.8) is 0 Å². The molecule has 2 rings (SSSR count). The molecule has 2 aromatic rings. The average Bonchev–Trinajstić information content (AvgIpc) is 2.85. The van der Waals surface area contributed by atoms with Gasteiger partial charge < -0.3 is 10.1 Å². The van der Waals surface area contributed by atoms with Gasteiger partial charge in [-0.15, -0.1) is 5.10 Å². The van der Waals surface area contributed by atoms with E-state index in [0.29, 0.717) is 11.6 Å². The van der Waals surface area contributed by atoms with Gasteiger partial charge in [-0.25, -0.2) is 4.68 Å². The lowest BCUT2D eigenvalue weighted by atomic mass is 10.3. The molecule has 0 unspecified atom stereocenters. The van der Waals surface area contributed by atoms with Gasteiger partial charge in [0.2, 0.25) is 0 Å². The summed E-state index contributed by atoms with van der Waals surface area (Å²) in [6.45, 7) is 3.63. The highest BCUT2D eigenvalue weighted by Gasteiger charge is 2.07. The highest BCUT2D eigenvalue weighted by Crippen LogP contribution is 2.24. The zero-order valence-electron chi connectivity index (χ0n) is 10.4. The van der Waals surface area contributed by atoms with Crippen LogP contribution in [-0.2, 0) is 6.54 Å². The zero-order valence-corrected chi connectivity index (χ0v) is 11.1. The standard InChI is InChI=1S/C12H15ClN4O/c1-3-14-7-9-8-17(16-15-9)12-6-10(18-2)4-5-11(12)13/h4-6,8,14H,3,7H2,1-2H3. The Bertz CT molecular complexity index is 527. The zero-order chi connectivity index (χ0) is 13.0. The number of nitrogens with zero attached hydrogens (tertiary/aromatic N) is 3. The maximum Gasteiger partial charge on any atom is 0.121 e. The van der Waals surface area contributed by atoms with Gasteiger partial charge in [0.25, 0.3) is 0 Å². The topological polar surface area (TPSA) is 52.0 Å². The van der Waals surface area contributed by atoms with Crippen molar-refractivity contribution in [2.24, 2.45) is 0 Å². The quantitative estimate of drug-likeness (QED) is 0.900. The second-order valence-electron chi connectivity index (χ2n) is 3.75. The lowest BCUT2D eigenvalue weighted by Gasteiger charge is -2.05. The van der Waals surface area contributed by atoms with Gasteiger partial charge in [-0.3, -0.25) is 0 Å². The molecule has 0 aliphatic rings. The summed E-state index contributed by atoms with van der Waals surface area (Å²) in [7, 11) is 1.62. The van der Waals surface area contributed by atoms with Gasteiger partial charge in [0.15, 0.2) is 0 Å². The molecule has 0 atom stereocenters. The predicted octanol–water partition coefficient (Wildman–Crippen LogP) is 2.04. The molecule has 0 fully saturated rings. The number of methoxy groups -OCH3 is 1. The van der Waals surface area contributed by atoms with Crippen LogP contribution >= 0.6 is 11.6 Å². The second kappa shape index (κ2) is 5.84. The minimum atomic E-state index is 0.607. The molecule has 0 spiro atoms. The van der Waals surface area contributed by atoms with Crippen molar-refractivity contribution < 1.29 is 4.74 Å². The molecule has 1 N–H and O–H groups in total. The molecular formula is C12H15ClN4O. The summed E-state index contributed by atoms with van der Waals surface area (Å²) < 4.78 is 6.82. The molecule has 0 saturated carbocycles. The van der Waals surface area contributed by atoms with Crippen LogP contribution in [0, 0.1) is 0 Å². The third kappa shape index (κ3) is 2.80. The largest absolute Gasteiger partial charge is 0.497 e. The molecule has 5 nitrogen and oxygen atoms in total. The summed E-state index contributed by atoms with van der Waals surface area (Å²) in [4.78, 5) is 0. The molecule has 0 bridgehead atoms. The number of benzene rings is 1. The number of halogens is 1. The Kier molecular flexibility index (Phi) is 4.17. The fraction of sp³-hybridized carbons (Fsp3) is 0.333. The molecule has 0 radical (unpaired) electrons. The van der Waals surface area contributed by atoms with Crippen LogP contribution in [0.4, 0.5) is 0 Å². The Morgan fingerprint density at radius 3 is 3.00 bits per heavy atom. The molecule has 0 amide bonds. The summed E-state index contributed by atoms with van der Waals surface area (Å²) in [5.74, 6) is 0.734. The second-order valence-corrected chi connectivity index (χ2v) is 4.16. The molecule has 96 valence electrons. The van der Waals surface area contributed by atoms with E-state index in [0.717, 1.165) is 23.7 Å². The van der Waals surface area contributed by atoms with E-state index in [1.54, 1.807) is 17.9 Å². The van der Waals surface area contributed by atoms with E-state index in [9.17, 15) is 0 Å². The van der Waals surface area contributed by atoms with Gasteiger partial charge in [-0.2, -0.15) is 0 Å². The van der Waals surface area contributed by atoms with E-state index in [1.807, 2.05) is 25.3 Å². The third-order valence-electron chi connectivity index (χ3n) is 2.50. The Morgan fingerprint density at radius 2 is 2.28 bits per heavy atom. The maximum atomic E-state index is 6.14. The van der Waals surface area contributed by atoms with Crippen molar-refractivity contribution in [1.29, 1.82) is 0 Å². The first-order valence-corrected chi connectivity index (χ1v) is 6.08. The van der Waals surface area contributed by atoms with Crippen LogP contribution in [0.2, 0.25) is 5.02 Å². The SMILES string of the molecule is CCNCc1cn(-c2cc(OC)ccc2Cl)nn1. The highest BCUT2D eigenvalue weighted by molar-refractivity contribution is 6.32. The molecule has 1 heterocycles. The van der Waals surface area contributed by atoms with Crippen LogP contribution in [-0.4, -0.2) is 28.6 Å². The number of hydrogen-bond donors (Lipinski definition) is 1. The molecule has 0 saturated heterocycles. The Labute approximate surface area is 111 Å². The number of rotatable bonds is 5. The normalized spacial score (nSPS) is 10.6. The van der Waals surface area contributed by atoms with E-state index in [4.69, 9.17) is 16.3 Å². The van der Waals surface area contributed by atoms with Crippen LogP contribution < -0.4 is 10.1 Å². The lowest BCUT2D eigenvalue weighted by molar-refractivity contribution is 0.414. The summed E-state index contributed by atoms with van der Waals surface area (Å²) in [5, 5.41) is 11.9. The summed E-state index contributed by atoms with van der Waals surface area (Å²) in [6, 6.07) is 5.41. The first kappa shape index (κ1) is 12.9. The highest BCUT2D eigenvalue weighted by atomic mass is 35.5. The maximum absolute atomic E-state index is 6.14. The number of aromatic nitrogens is 3. The van der Waals surface area contributed by atoms with Crippen molar-refractivity contribution >= 4 is 11.6 Å². The molecule has 1 aromatic heterocycles. The molecule has 18 heavy (non-hydrogen) atoms. The Morgan fingerprint density at radius 1 is 1.44 bits per heavy atom. The Balaban J connectivity index is 2.27. The smallest absolute Gasteiger partial charge is 0.121 e. The van der Waals surface area contributed by atoms with Gasteiger partial charge in [-0.1, -0.05) is 23.7 Å². The molecule has 0 aliphatic heterocycles. The van der Waals surface area contributed by atoms with Crippen molar-refractivity contribution in [2.75, 3.05) is 13.7 Å². The van der Waals surface area contributed by atoms with Gasteiger partial charge in [0.1, 0.15) is 5.75 Å². The van der Waals surface area contributed by atoms with Gasteiger partial charge in [-0.05, 0) is 18.7 Å². The first-order chi connectivity index (χ1) is 8.74. The van der Waals surface area contributed by atoms with Gasteiger partial charge in [0.05, 0.1) is 29.7 Å². The van der Waals surface area contributed by atoms with Crippen molar-refractivity contribution in [1.82, 2.24) is 20.3 Å².